The molecule has 132 valence electrons. The summed E-state index contributed by atoms with van der Waals surface area (Å²) in [4.78, 5) is 28.1. The van der Waals surface area contributed by atoms with Crippen molar-refractivity contribution in [3.8, 4) is 0 Å². The van der Waals surface area contributed by atoms with Crippen LogP contribution in [0.15, 0.2) is 60.8 Å². The molecule has 1 aromatic heterocycles. The van der Waals surface area contributed by atoms with Gasteiger partial charge in [-0.2, -0.15) is 0 Å². The van der Waals surface area contributed by atoms with Gasteiger partial charge in [-0.15, -0.1) is 0 Å². The number of nitrogens with one attached hydrogen (secondary N) is 3. The molecule has 3 amide bonds. The number of carbonyl (C=O) groups is 2. The van der Waals surface area contributed by atoms with Crippen LogP contribution in [0.1, 0.15) is 5.56 Å². The average molecular weight is 352 g/mol. The number of aromatic nitrogens is 1. The molecule has 0 bridgehead atoms. The topological polar surface area (TPSA) is 83.1 Å². The lowest BCUT2D eigenvalue weighted by Gasteiger charge is -2.10. The summed E-state index contributed by atoms with van der Waals surface area (Å²) >= 11 is 0. The molecule has 3 N–H and O–H groups in total. The molecular weight excluding hydrogens is 335 g/mol. The Morgan fingerprint density at radius 2 is 1.77 bits per heavy atom. The van der Waals surface area contributed by atoms with Crippen LogP contribution in [0, 0.1) is 5.82 Å². The van der Waals surface area contributed by atoms with Gasteiger partial charge in [-0.05, 0) is 42.0 Å². The van der Waals surface area contributed by atoms with E-state index in [0.717, 1.165) is 16.5 Å². The molecule has 0 fully saturated rings. The van der Waals surface area contributed by atoms with E-state index in [2.05, 4.69) is 20.9 Å². The van der Waals surface area contributed by atoms with E-state index in [9.17, 15) is 14.0 Å². The number of carbonyl (C=O) groups excluding carboxylic acids is 2. The number of amides is 3. The zero-order valence-corrected chi connectivity index (χ0v) is 13.8. The summed E-state index contributed by atoms with van der Waals surface area (Å²) in [7, 11) is 0. The second-order valence-electron chi connectivity index (χ2n) is 5.59. The molecule has 0 radical (unpaired) electrons. The highest BCUT2D eigenvalue weighted by molar-refractivity contribution is 6.02. The number of anilines is 1. The second-order valence-corrected chi connectivity index (χ2v) is 5.59. The van der Waals surface area contributed by atoms with Gasteiger partial charge in [0.2, 0.25) is 5.91 Å². The Labute approximate surface area is 149 Å². The number of benzene rings is 2. The van der Waals surface area contributed by atoms with Crippen molar-refractivity contribution < 1.29 is 14.0 Å². The fourth-order valence-electron chi connectivity index (χ4n) is 2.41. The molecule has 6 nitrogen and oxygen atoms in total. The Morgan fingerprint density at radius 3 is 2.58 bits per heavy atom. The molecule has 7 heteroatoms. The van der Waals surface area contributed by atoms with Crippen LogP contribution >= 0.6 is 0 Å². The Hall–Kier alpha value is -3.48. The van der Waals surface area contributed by atoms with E-state index in [1.807, 2.05) is 12.1 Å². The second kappa shape index (κ2) is 8.06. The first-order chi connectivity index (χ1) is 12.6. The fourth-order valence-corrected chi connectivity index (χ4v) is 2.41. The molecule has 2 aromatic carbocycles. The van der Waals surface area contributed by atoms with Gasteiger partial charge in [-0.3, -0.25) is 9.78 Å². The van der Waals surface area contributed by atoms with Crippen LogP contribution in [0.3, 0.4) is 0 Å². The summed E-state index contributed by atoms with van der Waals surface area (Å²) in [5.74, 6) is -0.684. The Kier molecular flexibility index (Phi) is 5.38. The molecule has 3 rings (SSSR count). The van der Waals surface area contributed by atoms with E-state index in [-0.39, 0.29) is 24.8 Å². The molecule has 26 heavy (non-hydrogen) atoms. The number of rotatable bonds is 5. The number of fused-ring (bicyclic) bond motifs is 1. The van der Waals surface area contributed by atoms with Crippen LogP contribution in [0.25, 0.3) is 10.9 Å². The largest absolute Gasteiger partial charge is 0.334 e. The molecule has 0 aliphatic carbocycles. The van der Waals surface area contributed by atoms with Crippen molar-refractivity contribution in [2.75, 3.05) is 11.9 Å². The zero-order valence-electron chi connectivity index (χ0n) is 13.8. The number of hydrogen-bond acceptors (Lipinski definition) is 3. The van der Waals surface area contributed by atoms with Gasteiger partial charge in [0, 0.05) is 18.1 Å². The molecule has 0 aliphatic heterocycles. The summed E-state index contributed by atoms with van der Waals surface area (Å²) in [6.07, 6.45) is 1.68. The third kappa shape index (κ3) is 4.54. The number of nitrogens with zero attached hydrogens (tertiary/aromatic N) is 1. The molecule has 0 atom stereocenters. The third-order valence-corrected chi connectivity index (χ3v) is 3.70. The SMILES string of the molecule is O=C(CNC(=O)NCc1ccc(F)cc1)Nc1cccc2ncccc12. The maximum atomic E-state index is 12.8. The molecule has 0 aliphatic rings. The Balaban J connectivity index is 1.49. The van der Waals surface area contributed by atoms with Crippen molar-refractivity contribution in [1.29, 1.82) is 0 Å². The van der Waals surface area contributed by atoms with Crippen LogP contribution in [0.5, 0.6) is 0 Å². The molecule has 0 spiro atoms. The standard InChI is InChI=1S/C19H17FN4O2/c20-14-8-6-13(7-9-14)11-22-19(26)23-12-18(25)24-17-5-1-4-16-15(17)3-2-10-21-16/h1-10H,11-12H2,(H,24,25)(H2,22,23,26). The first-order valence-electron chi connectivity index (χ1n) is 8.01. The smallest absolute Gasteiger partial charge is 0.315 e. The van der Waals surface area contributed by atoms with E-state index in [4.69, 9.17) is 0 Å². The van der Waals surface area contributed by atoms with Crippen molar-refractivity contribution in [2.24, 2.45) is 0 Å². The number of urea groups is 1. The summed E-state index contributed by atoms with van der Waals surface area (Å²) < 4.78 is 12.8. The first-order valence-corrected chi connectivity index (χ1v) is 8.01. The van der Waals surface area contributed by atoms with Crippen LogP contribution in [0.2, 0.25) is 0 Å². The van der Waals surface area contributed by atoms with Gasteiger partial charge >= 0.3 is 6.03 Å². The molecule has 3 aromatic rings. The van der Waals surface area contributed by atoms with Gasteiger partial charge in [0.15, 0.2) is 0 Å². The van der Waals surface area contributed by atoms with Crippen LogP contribution in [-0.2, 0) is 11.3 Å². The highest BCUT2D eigenvalue weighted by Gasteiger charge is 2.08. The summed E-state index contributed by atoms with van der Waals surface area (Å²) in [6.45, 7) is 0.0641. The number of halogens is 1. The van der Waals surface area contributed by atoms with Gasteiger partial charge in [0.1, 0.15) is 5.82 Å². The highest BCUT2D eigenvalue weighted by atomic mass is 19.1. The van der Waals surface area contributed by atoms with E-state index in [1.54, 1.807) is 36.5 Å². The normalized spacial score (nSPS) is 10.3. The highest BCUT2D eigenvalue weighted by Crippen LogP contribution is 2.20. The molecule has 0 unspecified atom stereocenters. The predicted octanol–water partition coefficient (Wildman–Crippen LogP) is 2.81. The fraction of sp³-hybridized carbons (Fsp3) is 0.105. The maximum absolute atomic E-state index is 12.8. The lowest BCUT2D eigenvalue weighted by molar-refractivity contribution is -0.115. The molecule has 1 heterocycles. The van der Waals surface area contributed by atoms with Crippen LogP contribution in [0.4, 0.5) is 14.9 Å². The predicted molar refractivity (Wildman–Crippen MR) is 97.0 cm³/mol. The van der Waals surface area contributed by atoms with Crippen LogP contribution in [-0.4, -0.2) is 23.5 Å². The van der Waals surface area contributed by atoms with Gasteiger partial charge in [0.25, 0.3) is 0 Å². The summed E-state index contributed by atoms with van der Waals surface area (Å²) in [5.41, 5.74) is 2.17. The van der Waals surface area contributed by atoms with Crippen molar-refractivity contribution in [2.45, 2.75) is 6.54 Å². The summed E-state index contributed by atoms with van der Waals surface area (Å²) in [6, 6.07) is 14.4. The van der Waals surface area contributed by atoms with Crippen LogP contribution < -0.4 is 16.0 Å². The molecule has 0 saturated heterocycles. The quantitative estimate of drug-likeness (QED) is 0.660. The van der Waals surface area contributed by atoms with Gasteiger partial charge in [-0.25, -0.2) is 9.18 Å². The van der Waals surface area contributed by atoms with Crippen molar-refractivity contribution >= 4 is 28.5 Å². The maximum Gasteiger partial charge on any atom is 0.315 e. The van der Waals surface area contributed by atoms with E-state index >= 15 is 0 Å². The van der Waals surface area contributed by atoms with Gasteiger partial charge in [0.05, 0.1) is 17.7 Å². The lowest BCUT2D eigenvalue weighted by Crippen LogP contribution is -2.39. The van der Waals surface area contributed by atoms with E-state index in [1.165, 1.54) is 12.1 Å². The van der Waals surface area contributed by atoms with E-state index in [0.29, 0.717) is 5.69 Å². The zero-order chi connectivity index (χ0) is 18.4. The molecule has 0 saturated carbocycles. The minimum absolute atomic E-state index is 0.175. The van der Waals surface area contributed by atoms with E-state index < -0.39 is 6.03 Å². The molecular formula is C19H17FN4O2. The van der Waals surface area contributed by atoms with Crippen molar-refractivity contribution in [3.63, 3.8) is 0 Å². The minimum atomic E-state index is -0.482. The first kappa shape index (κ1) is 17.3. The van der Waals surface area contributed by atoms with Crippen molar-refractivity contribution in [1.82, 2.24) is 15.6 Å². The Morgan fingerprint density at radius 1 is 0.962 bits per heavy atom. The Bertz CT molecular complexity index is 923. The third-order valence-electron chi connectivity index (χ3n) is 3.70. The van der Waals surface area contributed by atoms with Gasteiger partial charge in [-0.1, -0.05) is 18.2 Å². The average Bonchev–Trinajstić information content (AvgIpc) is 2.66. The van der Waals surface area contributed by atoms with Crippen molar-refractivity contribution in [3.05, 3.63) is 72.2 Å². The summed E-state index contributed by atoms with van der Waals surface area (Å²) in [5, 5.41) is 8.67. The van der Waals surface area contributed by atoms with Gasteiger partial charge < -0.3 is 16.0 Å². The minimum Gasteiger partial charge on any atom is -0.334 e. The number of hydrogen-bond donors (Lipinski definition) is 3. The number of pyridine rings is 1. The lowest BCUT2D eigenvalue weighted by atomic mass is 10.2. The monoisotopic (exact) mass is 352 g/mol.